The van der Waals surface area contributed by atoms with E-state index < -0.39 is 23.5 Å². The number of carbonyl (C=O) groups excluding carboxylic acids is 3. The van der Waals surface area contributed by atoms with Crippen LogP contribution in [0.15, 0.2) is 115 Å². The molecule has 0 amide bonds. The lowest BCUT2D eigenvalue weighted by molar-refractivity contribution is 0.0744. The van der Waals surface area contributed by atoms with Crippen molar-refractivity contribution in [3.63, 3.8) is 0 Å². The predicted octanol–water partition coefficient (Wildman–Crippen LogP) is 7.67. The number of benzene rings is 4. The minimum atomic E-state index is -1.54. The van der Waals surface area contributed by atoms with Crippen LogP contribution in [0.5, 0.6) is 5.75 Å². The summed E-state index contributed by atoms with van der Waals surface area (Å²) in [7, 11) is 1.50. The maximum absolute atomic E-state index is 13.7. The number of aliphatic hydroxyl groups is 1. The summed E-state index contributed by atoms with van der Waals surface area (Å²) in [5.41, 5.74) is 2.84. The highest BCUT2D eigenvalue weighted by Gasteiger charge is 2.28. The lowest BCUT2D eigenvalue weighted by Gasteiger charge is -2.25. The molecule has 6 rings (SSSR count). The van der Waals surface area contributed by atoms with E-state index in [2.05, 4.69) is 9.88 Å². The summed E-state index contributed by atoms with van der Waals surface area (Å²) in [6, 6.07) is 30.5. The topological polar surface area (TPSA) is 96.8 Å². The molecule has 0 aliphatic heterocycles. The van der Waals surface area contributed by atoms with Crippen molar-refractivity contribution in [2.75, 3.05) is 18.6 Å². The van der Waals surface area contributed by atoms with Crippen molar-refractivity contribution in [2.45, 2.75) is 18.9 Å². The van der Waals surface area contributed by atoms with Gasteiger partial charge in [-0.15, -0.1) is 0 Å². The highest BCUT2D eigenvalue weighted by molar-refractivity contribution is 6.30. The molecule has 4 aromatic carbocycles. The Morgan fingerprint density at radius 1 is 0.826 bits per heavy atom. The van der Waals surface area contributed by atoms with Crippen LogP contribution in [-0.2, 0) is 0 Å². The van der Waals surface area contributed by atoms with Crippen LogP contribution in [0.3, 0.4) is 0 Å². The molecule has 0 bridgehead atoms. The second-order valence-corrected chi connectivity index (χ2v) is 11.7. The zero-order valence-corrected chi connectivity index (χ0v) is 25.9. The third-order valence-electron chi connectivity index (χ3n) is 8.06. The monoisotopic (exact) mass is 630 g/mol. The van der Waals surface area contributed by atoms with Gasteiger partial charge in [-0.1, -0.05) is 60.1 Å². The number of hydrogen-bond donors (Lipinski definition) is 1. The minimum Gasteiger partial charge on any atom is -0.497 e. The average Bonchev–Trinajstić information content (AvgIpc) is 3.94. The van der Waals surface area contributed by atoms with Crippen molar-refractivity contribution in [1.29, 1.82) is 0 Å². The predicted molar refractivity (Wildman–Crippen MR) is 177 cm³/mol. The number of anilines is 2. The van der Waals surface area contributed by atoms with Gasteiger partial charge in [0.15, 0.2) is 11.6 Å². The molecule has 7 nitrogen and oxygen atoms in total. The number of Topliss-reactive ketones (excluding diaryl/α,β-unsaturated/α-hetero) is 1. The number of carbonyl (C=O) groups is 3. The second-order valence-electron chi connectivity index (χ2n) is 11.3. The fourth-order valence-corrected chi connectivity index (χ4v) is 5.43. The maximum Gasteiger partial charge on any atom is 0.211 e. The first-order valence-corrected chi connectivity index (χ1v) is 15.3. The third kappa shape index (κ3) is 6.76. The number of pyridine rings is 1. The zero-order valence-electron chi connectivity index (χ0n) is 25.1. The Morgan fingerprint density at radius 3 is 2.22 bits per heavy atom. The van der Waals surface area contributed by atoms with Crippen molar-refractivity contribution >= 4 is 40.3 Å². The van der Waals surface area contributed by atoms with Gasteiger partial charge in [0, 0.05) is 39.5 Å². The number of methoxy groups -OCH3 is 1. The molecule has 46 heavy (non-hydrogen) atoms. The number of rotatable bonds is 12. The Morgan fingerprint density at radius 2 is 1.54 bits per heavy atom. The Bertz CT molecular complexity index is 1890. The third-order valence-corrected chi connectivity index (χ3v) is 8.31. The average molecular weight is 631 g/mol. The highest BCUT2D eigenvalue weighted by atomic mass is 35.5. The van der Waals surface area contributed by atoms with Gasteiger partial charge in [0.25, 0.3) is 0 Å². The Kier molecular flexibility index (Phi) is 9.06. The van der Waals surface area contributed by atoms with Gasteiger partial charge in [-0.25, -0.2) is 0 Å². The summed E-state index contributed by atoms with van der Waals surface area (Å²) in [4.78, 5) is 47.8. The molecular formula is C38H31ClN2O5. The van der Waals surface area contributed by atoms with E-state index in [0.29, 0.717) is 27.8 Å². The summed E-state index contributed by atoms with van der Waals surface area (Å²) in [6.45, 7) is 0.828. The summed E-state index contributed by atoms with van der Waals surface area (Å²) in [5, 5.41) is 11.7. The molecule has 1 saturated carbocycles. The van der Waals surface area contributed by atoms with Crippen LogP contribution >= 0.6 is 11.6 Å². The molecule has 1 fully saturated rings. The number of ketones is 3. The Hall–Kier alpha value is -5.11. The normalized spacial score (nSPS) is 13.1. The van der Waals surface area contributed by atoms with Crippen LogP contribution in [0.25, 0.3) is 0 Å². The molecule has 1 aliphatic carbocycles. The van der Waals surface area contributed by atoms with Gasteiger partial charge < -0.3 is 14.7 Å². The smallest absolute Gasteiger partial charge is 0.211 e. The molecule has 230 valence electrons. The van der Waals surface area contributed by atoms with E-state index in [9.17, 15) is 19.5 Å². The molecule has 1 aliphatic rings. The second kappa shape index (κ2) is 13.5. The molecule has 1 heterocycles. The summed E-state index contributed by atoms with van der Waals surface area (Å²) in [5.74, 6) is -0.486. The largest absolute Gasteiger partial charge is 0.497 e. The first-order valence-electron chi connectivity index (χ1n) is 15.0. The zero-order chi connectivity index (χ0) is 32.2. The Labute approximate surface area is 272 Å². The molecule has 1 aromatic heterocycles. The van der Waals surface area contributed by atoms with E-state index in [0.717, 1.165) is 17.9 Å². The lowest BCUT2D eigenvalue weighted by Crippen LogP contribution is -2.20. The number of hydrogen-bond acceptors (Lipinski definition) is 7. The van der Waals surface area contributed by atoms with Gasteiger partial charge in [0.1, 0.15) is 17.5 Å². The van der Waals surface area contributed by atoms with Crippen molar-refractivity contribution in [1.82, 2.24) is 4.98 Å². The molecule has 1 unspecified atom stereocenters. The summed E-state index contributed by atoms with van der Waals surface area (Å²) >= 11 is 6.12. The first-order chi connectivity index (χ1) is 22.3. The standard InChI is InChI=1S/C38H31ClN2O5/c1-46-31-9-5-8-26(20-31)35(42)32-18-12-27(21-33(32)38(45)37(44)25-6-3-2-4-7-25)36(43)34-19-17-30(22-40-34)41(23-24-10-11-24)29-15-13-28(39)14-16-29/h2-9,12-22,24,37,44H,10-11,23H2,1H3. The number of aliphatic hydroxyl groups excluding tert-OH is 1. The van der Waals surface area contributed by atoms with Crippen LogP contribution in [0, 0.1) is 5.92 Å². The van der Waals surface area contributed by atoms with Crippen LogP contribution in [0.4, 0.5) is 11.4 Å². The van der Waals surface area contributed by atoms with Gasteiger partial charge >= 0.3 is 0 Å². The van der Waals surface area contributed by atoms with Crippen molar-refractivity contribution in [2.24, 2.45) is 5.92 Å². The number of ether oxygens (including phenoxy) is 1. The number of halogens is 1. The summed E-state index contributed by atoms with van der Waals surface area (Å²) in [6.07, 6.45) is 2.47. The fraction of sp³-hybridized carbons (Fsp3) is 0.158. The van der Waals surface area contributed by atoms with Crippen LogP contribution in [0.1, 0.15) is 66.8 Å². The van der Waals surface area contributed by atoms with Crippen LogP contribution in [-0.4, -0.2) is 41.1 Å². The molecular weight excluding hydrogens is 600 g/mol. The molecule has 0 radical (unpaired) electrons. The number of aromatic nitrogens is 1. The molecule has 1 atom stereocenters. The molecule has 5 aromatic rings. The number of nitrogens with zero attached hydrogens (tertiary/aromatic N) is 2. The van der Waals surface area contributed by atoms with E-state index in [1.807, 2.05) is 30.3 Å². The van der Waals surface area contributed by atoms with Gasteiger partial charge in [-0.3, -0.25) is 19.4 Å². The van der Waals surface area contributed by atoms with E-state index in [4.69, 9.17) is 16.3 Å². The molecule has 0 saturated heterocycles. The molecule has 1 N–H and O–H groups in total. The lowest BCUT2D eigenvalue weighted by atomic mass is 9.89. The quantitative estimate of drug-likeness (QED) is 0.141. The van der Waals surface area contributed by atoms with Gasteiger partial charge in [0.2, 0.25) is 5.78 Å². The SMILES string of the molecule is COc1cccc(C(=O)c2ccc(C(=O)c3ccc(N(CC4CC4)c4ccc(Cl)cc4)cn3)cc2C(=O)C(O)c2ccccc2)c1. The van der Waals surface area contributed by atoms with Gasteiger partial charge in [0.05, 0.1) is 19.0 Å². The maximum atomic E-state index is 13.7. The van der Waals surface area contributed by atoms with Crippen molar-refractivity contribution in [3.8, 4) is 5.75 Å². The first kappa shape index (κ1) is 30.9. The highest BCUT2D eigenvalue weighted by Crippen LogP contribution is 2.35. The van der Waals surface area contributed by atoms with Crippen LogP contribution in [0.2, 0.25) is 5.02 Å². The molecule has 0 spiro atoms. The van der Waals surface area contributed by atoms with E-state index in [1.54, 1.807) is 66.9 Å². The fourth-order valence-electron chi connectivity index (χ4n) is 5.31. The Balaban J connectivity index is 1.33. The summed E-state index contributed by atoms with van der Waals surface area (Å²) < 4.78 is 5.27. The van der Waals surface area contributed by atoms with Crippen molar-refractivity contribution in [3.05, 3.63) is 154 Å². The van der Waals surface area contributed by atoms with E-state index >= 15 is 0 Å². The van der Waals surface area contributed by atoms with Crippen molar-refractivity contribution < 1.29 is 24.2 Å². The minimum absolute atomic E-state index is 0.0618. The van der Waals surface area contributed by atoms with E-state index in [1.165, 1.54) is 38.2 Å². The van der Waals surface area contributed by atoms with Crippen LogP contribution < -0.4 is 9.64 Å². The van der Waals surface area contributed by atoms with Gasteiger partial charge in [-0.2, -0.15) is 0 Å². The van der Waals surface area contributed by atoms with Gasteiger partial charge in [-0.05, 0) is 85.0 Å². The molecule has 8 heteroatoms. The van der Waals surface area contributed by atoms with E-state index in [-0.39, 0.29) is 22.4 Å².